The van der Waals surface area contributed by atoms with Crippen molar-refractivity contribution in [2.75, 3.05) is 33.9 Å². The fourth-order valence-corrected chi connectivity index (χ4v) is 4.81. The second-order valence-corrected chi connectivity index (χ2v) is 7.65. The van der Waals surface area contributed by atoms with Gasteiger partial charge in [-0.25, -0.2) is 0 Å². The van der Waals surface area contributed by atoms with E-state index >= 15 is 0 Å². The second kappa shape index (κ2) is 8.32. The van der Waals surface area contributed by atoms with Gasteiger partial charge in [-0.2, -0.15) is 0 Å². The van der Waals surface area contributed by atoms with E-state index in [-0.39, 0.29) is 0 Å². The Hall–Kier alpha value is -2.04. The minimum absolute atomic E-state index is 0.504. The van der Waals surface area contributed by atoms with Crippen molar-refractivity contribution in [2.24, 2.45) is 5.92 Å². The highest BCUT2D eigenvalue weighted by molar-refractivity contribution is 5.43. The summed E-state index contributed by atoms with van der Waals surface area (Å²) in [4.78, 5) is 2.67. The highest BCUT2D eigenvalue weighted by Gasteiger charge is 2.42. The van der Waals surface area contributed by atoms with Gasteiger partial charge in [0.2, 0.25) is 0 Å². The molecule has 0 radical (unpaired) electrons. The number of nitrogens with one attached hydrogen (secondary N) is 1. The first-order chi connectivity index (χ1) is 13.3. The third-order valence-corrected chi connectivity index (χ3v) is 6.20. The molecule has 2 unspecified atom stereocenters. The molecule has 0 amide bonds. The zero-order valence-corrected chi connectivity index (χ0v) is 16.4. The largest absolute Gasteiger partial charge is 0.493 e. The first kappa shape index (κ1) is 18.3. The van der Waals surface area contributed by atoms with Gasteiger partial charge >= 0.3 is 0 Å². The summed E-state index contributed by atoms with van der Waals surface area (Å²) < 4.78 is 10.8. The zero-order valence-electron chi connectivity index (χ0n) is 16.4. The summed E-state index contributed by atoms with van der Waals surface area (Å²) in [5.41, 5.74) is 2.73. The van der Waals surface area contributed by atoms with Crippen LogP contribution in [-0.4, -0.2) is 44.8 Å². The van der Waals surface area contributed by atoms with Crippen molar-refractivity contribution in [2.45, 2.75) is 31.3 Å². The standard InChI is InChI=1S/C23H30N2O2/c1-26-20-9-8-17(16-21(20)27-2)10-13-24-22-18-11-14-25(15-12-18)23(22)19-6-4-3-5-7-19/h3-9,16,18,22-24H,10-15H2,1-2H3. The molecule has 3 heterocycles. The number of benzene rings is 2. The van der Waals surface area contributed by atoms with Crippen LogP contribution in [0.4, 0.5) is 0 Å². The summed E-state index contributed by atoms with van der Waals surface area (Å²) in [5, 5.41) is 3.90. The average Bonchev–Trinajstić information content (AvgIpc) is 2.75. The van der Waals surface area contributed by atoms with Crippen LogP contribution in [0.5, 0.6) is 11.5 Å². The number of fused-ring (bicyclic) bond motifs is 3. The van der Waals surface area contributed by atoms with Crippen molar-refractivity contribution in [3.8, 4) is 11.5 Å². The van der Waals surface area contributed by atoms with E-state index in [4.69, 9.17) is 9.47 Å². The van der Waals surface area contributed by atoms with Crippen LogP contribution in [0.2, 0.25) is 0 Å². The topological polar surface area (TPSA) is 33.7 Å². The molecule has 144 valence electrons. The molecule has 2 aromatic rings. The van der Waals surface area contributed by atoms with Gasteiger partial charge in [-0.15, -0.1) is 0 Å². The van der Waals surface area contributed by atoms with Crippen molar-refractivity contribution in [3.05, 3.63) is 59.7 Å². The lowest BCUT2D eigenvalue weighted by atomic mass is 9.76. The van der Waals surface area contributed by atoms with E-state index in [1.54, 1.807) is 14.2 Å². The third kappa shape index (κ3) is 3.83. The molecule has 0 saturated carbocycles. The van der Waals surface area contributed by atoms with Crippen LogP contribution in [0.1, 0.15) is 30.0 Å². The number of hydrogen-bond acceptors (Lipinski definition) is 4. The minimum atomic E-state index is 0.504. The quantitative estimate of drug-likeness (QED) is 0.811. The van der Waals surface area contributed by atoms with Crippen molar-refractivity contribution >= 4 is 0 Å². The summed E-state index contributed by atoms with van der Waals surface area (Å²) in [7, 11) is 3.37. The molecule has 3 saturated heterocycles. The van der Waals surface area contributed by atoms with Gasteiger partial charge in [-0.05, 0) is 68.1 Å². The van der Waals surface area contributed by atoms with Crippen molar-refractivity contribution in [1.29, 1.82) is 0 Å². The van der Waals surface area contributed by atoms with E-state index in [1.807, 2.05) is 6.07 Å². The van der Waals surface area contributed by atoms with Gasteiger partial charge in [0.05, 0.1) is 20.3 Å². The molecule has 4 nitrogen and oxygen atoms in total. The first-order valence-electron chi connectivity index (χ1n) is 10.0. The van der Waals surface area contributed by atoms with E-state index in [1.165, 1.54) is 37.1 Å². The Labute approximate surface area is 162 Å². The molecule has 5 rings (SSSR count). The van der Waals surface area contributed by atoms with Crippen LogP contribution in [0, 0.1) is 5.92 Å². The van der Waals surface area contributed by atoms with E-state index < -0.39 is 0 Å². The monoisotopic (exact) mass is 366 g/mol. The molecule has 3 aliphatic heterocycles. The van der Waals surface area contributed by atoms with E-state index in [9.17, 15) is 0 Å². The molecule has 1 N–H and O–H groups in total. The lowest BCUT2D eigenvalue weighted by Gasteiger charge is -2.51. The minimum Gasteiger partial charge on any atom is -0.493 e. The van der Waals surface area contributed by atoms with Gasteiger partial charge in [0.15, 0.2) is 11.5 Å². The zero-order chi connectivity index (χ0) is 18.6. The molecule has 27 heavy (non-hydrogen) atoms. The van der Waals surface area contributed by atoms with Gasteiger partial charge in [-0.1, -0.05) is 36.4 Å². The molecule has 3 fully saturated rings. The molecular weight excluding hydrogens is 336 g/mol. The Morgan fingerprint density at radius 2 is 1.70 bits per heavy atom. The van der Waals surface area contributed by atoms with E-state index in [2.05, 4.69) is 52.7 Å². The Balaban J connectivity index is 1.43. The van der Waals surface area contributed by atoms with Gasteiger partial charge in [0.25, 0.3) is 0 Å². The van der Waals surface area contributed by atoms with E-state index in [0.29, 0.717) is 12.1 Å². The Morgan fingerprint density at radius 1 is 0.963 bits per heavy atom. The molecule has 4 heteroatoms. The van der Waals surface area contributed by atoms with Crippen LogP contribution in [0.3, 0.4) is 0 Å². The average molecular weight is 367 g/mol. The summed E-state index contributed by atoms with van der Waals surface area (Å²) in [6, 6.07) is 18.3. The Bertz CT molecular complexity index is 741. The highest BCUT2D eigenvalue weighted by Crippen LogP contribution is 2.40. The number of hydrogen-bond donors (Lipinski definition) is 1. The van der Waals surface area contributed by atoms with Crippen molar-refractivity contribution in [3.63, 3.8) is 0 Å². The highest BCUT2D eigenvalue weighted by atomic mass is 16.5. The third-order valence-electron chi connectivity index (χ3n) is 6.20. The first-order valence-corrected chi connectivity index (χ1v) is 10.0. The van der Waals surface area contributed by atoms with Crippen molar-refractivity contribution < 1.29 is 9.47 Å². The number of methoxy groups -OCH3 is 2. The molecular formula is C23H30N2O2. The predicted octanol–water partition coefficient (Wildman–Crippen LogP) is 3.67. The maximum Gasteiger partial charge on any atom is 0.160 e. The molecule has 0 aromatic heterocycles. The molecule has 0 aliphatic carbocycles. The second-order valence-electron chi connectivity index (χ2n) is 7.65. The van der Waals surface area contributed by atoms with Crippen molar-refractivity contribution in [1.82, 2.24) is 10.2 Å². The molecule has 2 atom stereocenters. The Kier molecular flexibility index (Phi) is 5.65. The lowest BCUT2D eigenvalue weighted by molar-refractivity contribution is 0.0123. The number of piperidine rings is 3. The van der Waals surface area contributed by atoms with Gasteiger partial charge < -0.3 is 14.8 Å². The van der Waals surface area contributed by atoms with Gasteiger partial charge in [-0.3, -0.25) is 4.90 Å². The molecule has 3 aliphatic rings. The van der Waals surface area contributed by atoms with Gasteiger partial charge in [0, 0.05) is 6.04 Å². The summed E-state index contributed by atoms with van der Waals surface area (Å²) in [6.07, 6.45) is 3.62. The number of nitrogens with zero attached hydrogens (tertiary/aromatic N) is 1. The summed E-state index contributed by atoms with van der Waals surface area (Å²) in [6.45, 7) is 3.45. The summed E-state index contributed by atoms with van der Waals surface area (Å²) >= 11 is 0. The van der Waals surface area contributed by atoms with Crippen LogP contribution < -0.4 is 14.8 Å². The van der Waals surface area contributed by atoms with Crippen LogP contribution in [0.15, 0.2) is 48.5 Å². The fourth-order valence-electron chi connectivity index (χ4n) is 4.81. The maximum atomic E-state index is 5.44. The number of ether oxygens (including phenoxy) is 2. The van der Waals surface area contributed by atoms with Crippen LogP contribution >= 0.6 is 0 Å². The van der Waals surface area contributed by atoms with Crippen LogP contribution in [0.25, 0.3) is 0 Å². The predicted molar refractivity (Wildman–Crippen MR) is 109 cm³/mol. The SMILES string of the molecule is COc1ccc(CCNC2C3CCN(CC3)C2c2ccccc2)cc1OC. The molecule has 0 spiro atoms. The smallest absolute Gasteiger partial charge is 0.160 e. The Morgan fingerprint density at radius 3 is 2.41 bits per heavy atom. The molecule has 2 bridgehead atoms. The summed E-state index contributed by atoms with van der Waals surface area (Å²) in [5.74, 6) is 2.38. The van der Waals surface area contributed by atoms with Crippen LogP contribution in [-0.2, 0) is 6.42 Å². The van der Waals surface area contributed by atoms with Gasteiger partial charge in [0.1, 0.15) is 0 Å². The normalized spacial score (nSPS) is 26.7. The van der Waals surface area contributed by atoms with E-state index in [0.717, 1.165) is 30.4 Å². The fraction of sp³-hybridized carbons (Fsp3) is 0.478. The molecule has 2 aromatic carbocycles. The lowest BCUT2D eigenvalue weighted by Crippen LogP contribution is -2.58. The number of rotatable bonds is 7. The maximum absolute atomic E-state index is 5.44.